The molecule has 9 heteroatoms. The zero-order valence-electron chi connectivity index (χ0n) is 17.6. The maximum absolute atomic E-state index is 11.7. The number of nitrogen functional groups attached to an aromatic ring is 1. The molecule has 0 spiro atoms. The van der Waals surface area contributed by atoms with Gasteiger partial charge in [-0.15, -0.1) is 0 Å². The summed E-state index contributed by atoms with van der Waals surface area (Å²) in [5, 5.41) is 10.4. The van der Waals surface area contributed by atoms with E-state index in [4.69, 9.17) is 10.8 Å². The van der Waals surface area contributed by atoms with Crippen LogP contribution in [-0.4, -0.2) is 53.4 Å². The maximum Gasteiger partial charge on any atom is 0.211 e. The Hall–Kier alpha value is -2.39. The third kappa shape index (κ3) is 4.09. The minimum atomic E-state index is -3.08. The third-order valence-electron chi connectivity index (χ3n) is 5.93. The zero-order chi connectivity index (χ0) is 21.3. The van der Waals surface area contributed by atoms with Crippen molar-refractivity contribution >= 4 is 43.5 Å². The Balaban J connectivity index is 1.54. The molecule has 30 heavy (non-hydrogen) atoms. The average Bonchev–Trinajstić information content (AvgIpc) is 3.07. The topological polar surface area (TPSA) is 106 Å². The van der Waals surface area contributed by atoms with Crippen LogP contribution in [0.1, 0.15) is 32.6 Å². The van der Waals surface area contributed by atoms with Gasteiger partial charge in [0.2, 0.25) is 10.0 Å². The van der Waals surface area contributed by atoms with E-state index in [1.807, 2.05) is 22.9 Å². The van der Waals surface area contributed by atoms with Gasteiger partial charge in [0.1, 0.15) is 11.3 Å². The number of aromatic nitrogens is 3. The molecule has 3 heterocycles. The second-order valence-corrected chi connectivity index (χ2v) is 10.1. The number of nitrogens with two attached hydrogens (primary N) is 1. The van der Waals surface area contributed by atoms with Gasteiger partial charge in [0, 0.05) is 31.6 Å². The molecule has 0 atom stereocenters. The second-order valence-electron chi connectivity index (χ2n) is 8.13. The van der Waals surface area contributed by atoms with Gasteiger partial charge in [-0.25, -0.2) is 22.4 Å². The monoisotopic (exact) mass is 430 g/mol. The molecular formula is C21H30N6O2S. The van der Waals surface area contributed by atoms with Crippen molar-refractivity contribution in [1.82, 2.24) is 19.1 Å². The molecule has 0 aliphatic carbocycles. The summed E-state index contributed by atoms with van der Waals surface area (Å²) < 4.78 is 27.0. The molecule has 0 unspecified atom stereocenters. The van der Waals surface area contributed by atoms with Crippen LogP contribution >= 0.6 is 0 Å². The number of anilines is 2. The SMILES string of the molecule is CCCn1nc2c(N)nc3ccccc3c2c1NCCC1CCN(S(C)(=O)=O)CC1. The van der Waals surface area contributed by atoms with Crippen molar-refractivity contribution in [3.63, 3.8) is 0 Å². The van der Waals surface area contributed by atoms with E-state index in [1.54, 1.807) is 4.31 Å². The van der Waals surface area contributed by atoms with Gasteiger partial charge in [0.05, 0.1) is 17.2 Å². The molecule has 0 saturated carbocycles. The number of aryl methyl sites for hydroxylation is 1. The molecule has 1 fully saturated rings. The Labute approximate surface area is 177 Å². The molecule has 2 aromatic heterocycles. The first-order chi connectivity index (χ1) is 14.4. The fourth-order valence-electron chi connectivity index (χ4n) is 4.34. The molecule has 4 rings (SSSR count). The van der Waals surface area contributed by atoms with Crippen molar-refractivity contribution in [2.45, 2.75) is 39.2 Å². The van der Waals surface area contributed by atoms with Crippen LogP contribution in [0, 0.1) is 5.92 Å². The normalized spacial score (nSPS) is 16.5. The van der Waals surface area contributed by atoms with E-state index in [0.717, 1.165) is 66.4 Å². The number of hydrogen-bond donors (Lipinski definition) is 2. The van der Waals surface area contributed by atoms with E-state index in [2.05, 4.69) is 23.3 Å². The lowest BCUT2D eigenvalue weighted by Gasteiger charge is -2.30. The number of fused-ring (bicyclic) bond motifs is 3. The summed E-state index contributed by atoms with van der Waals surface area (Å²) in [5.41, 5.74) is 7.84. The Morgan fingerprint density at radius 1 is 1.23 bits per heavy atom. The first kappa shape index (κ1) is 20.9. The quantitative estimate of drug-likeness (QED) is 0.597. The summed E-state index contributed by atoms with van der Waals surface area (Å²) in [4.78, 5) is 4.52. The third-order valence-corrected chi connectivity index (χ3v) is 7.24. The number of nitrogens with one attached hydrogen (secondary N) is 1. The van der Waals surface area contributed by atoms with Gasteiger partial charge in [-0.05, 0) is 37.7 Å². The fourth-order valence-corrected chi connectivity index (χ4v) is 5.21. The minimum Gasteiger partial charge on any atom is -0.382 e. The van der Waals surface area contributed by atoms with E-state index in [-0.39, 0.29) is 0 Å². The Morgan fingerprint density at radius 2 is 1.97 bits per heavy atom. The maximum atomic E-state index is 11.7. The van der Waals surface area contributed by atoms with E-state index in [1.165, 1.54) is 6.26 Å². The molecule has 162 valence electrons. The van der Waals surface area contributed by atoms with Crippen LogP contribution in [-0.2, 0) is 16.6 Å². The molecule has 1 aromatic carbocycles. The molecule has 0 bridgehead atoms. The van der Waals surface area contributed by atoms with E-state index in [9.17, 15) is 8.42 Å². The van der Waals surface area contributed by atoms with Gasteiger partial charge in [-0.2, -0.15) is 5.10 Å². The lowest BCUT2D eigenvalue weighted by molar-refractivity contribution is 0.268. The van der Waals surface area contributed by atoms with Crippen LogP contribution in [0.2, 0.25) is 0 Å². The van der Waals surface area contributed by atoms with Crippen LogP contribution in [0.3, 0.4) is 0 Å². The van der Waals surface area contributed by atoms with Gasteiger partial charge < -0.3 is 11.1 Å². The van der Waals surface area contributed by atoms with Crippen molar-refractivity contribution in [3.8, 4) is 0 Å². The van der Waals surface area contributed by atoms with E-state index >= 15 is 0 Å². The number of rotatable bonds is 7. The molecule has 0 amide bonds. The van der Waals surface area contributed by atoms with Crippen LogP contribution < -0.4 is 11.1 Å². The van der Waals surface area contributed by atoms with Gasteiger partial charge >= 0.3 is 0 Å². The number of piperidine rings is 1. The average molecular weight is 431 g/mol. The highest BCUT2D eigenvalue weighted by molar-refractivity contribution is 7.88. The second kappa shape index (κ2) is 8.39. The van der Waals surface area contributed by atoms with Crippen LogP contribution in [0.4, 0.5) is 11.6 Å². The molecule has 1 saturated heterocycles. The minimum absolute atomic E-state index is 0.453. The van der Waals surface area contributed by atoms with Gasteiger partial charge in [0.15, 0.2) is 5.82 Å². The largest absolute Gasteiger partial charge is 0.382 e. The van der Waals surface area contributed by atoms with Crippen molar-refractivity contribution < 1.29 is 8.42 Å². The summed E-state index contributed by atoms with van der Waals surface area (Å²) in [6.45, 7) is 4.98. The van der Waals surface area contributed by atoms with Crippen LogP contribution in [0.15, 0.2) is 24.3 Å². The summed E-state index contributed by atoms with van der Waals surface area (Å²) in [5.74, 6) is 1.97. The summed E-state index contributed by atoms with van der Waals surface area (Å²) in [6, 6.07) is 8.01. The summed E-state index contributed by atoms with van der Waals surface area (Å²) >= 11 is 0. The summed E-state index contributed by atoms with van der Waals surface area (Å²) in [6.07, 6.45) is 5.07. The highest BCUT2D eigenvalue weighted by Gasteiger charge is 2.25. The predicted molar refractivity (Wildman–Crippen MR) is 122 cm³/mol. The van der Waals surface area contributed by atoms with Gasteiger partial charge in [-0.3, -0.25) is 0 Å². The molecule has 3 aromatic rings. The van der Waals surface area contributed by atoms with Crippen molar-refractivity contribution in [3.05, 3.63) is 24.3 Å². The molecule has 0 radical (unpaired) electrons. The van der Waals surface area contributed by atoms with Crippen molar-refractivity contribution in [1.29, 1.82) is 0 Å². The zero-order valence-corrected chi connectivity index (χ0v) is 18.5. The Bertz CT molecular complexity index is 1150. The highest BCUT2D eigenvalue weighted by Crippen LogP contribution is 2.34. The molecular weight excluding hydrogens is 400 g/mol. The number of para-hydroxylation sites is 1. The van der Waals surface area contributed by atoms with Crippen molar-refractivity contribution in [2.24, 2.45) is 5.92 Å². The Morgan fingerprint density at radius 3 is 2.67 bits per heavy atom. The predicted octanol–water partition coefficient (Wildman–Crippen LogP) is 3.05. The standard InChI is InChI=1S/C21H30N6O2S/c1-3-12-27-21(23-11-8-15-9-13-26(14-10-15)30(2,28)29)18-16-6-4-5-7-17(16)24-20(22)19(18)25-27/h4-7,15,23H,3,8-14H2,1-2H3,(H2,22,24). The molecule has 1 aliphatic heterocycles. The van der Waals surface area contributed by atoms with Crippen LogP contribution in [0.25, 0.3) is 21.8 Å². The molecule has 8 nitrogen and oxygen atoms in total. The lowest BCUT2D eigenvalue weighted by atomic mass is 9.95. The number of pyridine rings is 1. The van der Waals surface area contributed by atoms with E-state index < -0.39 is 10.0 Å². The lowest BCUT2D eigenvalue weighted by Crippen LogP contribution is -2.38. The first-order valence-corrected chi connectivity index (χ1v) is 12.5. The molecule has 3 N–H and O–H groups in total. The van der Waals surface area contributed by atoms with Crippen molar-refractivity contribution in [2.75, 3.05) is 36.9 Å². The van der Waals surface area contributed by atoms with Gasteiger partial charge in [0.25, 0.3) is 0 Å². The Kier molecular flexibility index (Phi) is 5.84. The smallest absolute Gasteiger partial charge is 0.211 e. The summed E-state index contributed by atoms with van der Waals surface area (Å²) in [7, 11) is -3.08. The number of hydrogen-bond acceptors (Lipinski definition) is 6. The number of benzene rings is 1. The van der Waals surface area contributed by atoms with Gasteiger partial charge in [-0.1, -0.05) is 25.1 Å². The highest BCUT2D eigenvalue weighted by atomic mass is 32.2. The molecule has 1 aliphatic rings. The fraction of sp³-hybridized carbons (Fsp3) is 0.524. The van der Waals surface area contributed by atoms with Crippen LogP contribution in [0.5, 0.6) is 0 Å². The number of nitrogens with zero attached hydrogens (tertiary/aromatic N) is 4. The van der Waals surface area contributed by atoms with E-state index in [0.29, 0.717) is 24.8 Å². The number of sulfonamides is 1. The first-order valence-electron chi connectivity index (χ1n) is 10.6.